The lowest BCUT2D eigenvalue weighted by molar-refractivity contribution is -0.120. The molecule has 2 N–H and O–H groups in total. The van der Waals surface area contributed by atoms with Crippen molar-refractivity contribution in [2.24, 2.45) is 0 Å². The van der Waals surface area contributed by atoms with Gasteiger partial charge in [-0.15, -0.1) is 0 Å². The van der Waals surface area contributed by atoms with Gasteiger partial charge in [-0.25, -0.2) is 13.1 Å². The van der Waals surface area contributed by atoms with Gasteiger partial charge < -0.3 is 10.1 Å². The minimum absolute atomic E-state index is 0.0772. The lowest BCUT2D eigenvalue weighted by atomic mass is 9.92. The maximum atomic E-state index is 12.5. The van der Waals surface area contributed by atoms with Crippen LogP contribution in [0.3, 0.4) is 0 Å². The van der Waals surface area contributed by atoms with E-state index in [2.05, 4.69) is 10.0 Å². The van der Waals surface area contributed by atoms with E-state index in [1.807, 2.05) is 30.3 Å². The van der Waals surface area contributed by atoms with Gasteiger partial charge in [0, 0.05) is 19.5 Å². The zero-order valence-electron chi connectivity index (χ0n) is 16.7. The van der Waals surface area contributed by atoms with Gasteiger partial charge in [0.05, 0.1) is 12.0 Å². The monoisotopic (exact) mass is 416 g/mol. The average Bonchev–Trinajstić information content (AvgIpc) is 2.73. The summed E-state index contributed by atoms with van der Waals surface area (Å²) in [6.07, 6.45) is 5.00. The molecule has 0 aliphatic heterocycles. The van der Waals surface area contributed by atoms with E-state index in [9.17, 15) is 13.2 Å². The van der Waals surface area contributed by atoms with Crippen LogP contribution < -0.4 is 14.8 Å². The molecule has 0 aromatic heterocycles. The molecule has 0 bridgehead atoms. The molecule has 156 valence electrons. The van der Waals surface area contributed by atoms with E-state index in [-0.39, 0.29) is 23.8 Å². The first kappa shape index (κ1) is 21.3. The molecule has 2 aromatic rings. The highest BCUT2D eigenvalue weighted by Crippen LogP contribution is 2.24. The molecule has 0 atom stereocenters. The van der Waals surface area contributed by atoms with Crippen molar-refractivity contribution in [2.75, 3.05) is 20.2 Å². The van der Waals surface area contributed by atoms with Crippen LogP contribution in [0.25, 0.3) is 0 Å². The maximum Gasteiger partial charge on any atom is 0.240 e. The van der Waals surface area contributed by atoms with Gasteiger partial charge in [0.25, 0.3) is 0 Å². The lowest BCUT2D eigenvalue weighted by Crippen LogP contribution is -2.31. The van der Waals surface area contributed by atoms with Crippen molar-refractivity contribution in [1.82, 2.24) is 10.0 Å². The van der Waals surface area contributed by atoms with Crippen molar-refractivity contribution >= 4 is 15.9 Å². The molecule has 0 spiro atoms. The number of sulfonamides is 1. The van der Waals surface area contributed by atoms with Crippen molar-refractivity contribution in [3.05, 3.63) is 59.2 Å². The fourth-order valence-corrected chi connectivity index (χ4v) is 4.57. The van der Waals surface area contributed by atoms with Crippen LogP contribution in [0, 0.1) is 0 Å². The van der Waals surface area contributed by atoms with E-state index in [4.69, 9.17) is 4.74 Å². The average molecular weight is 417 g/mol. The number of methoxy groups -OCH3 is 1. The van der Waals surface area contributed by atoms with Gasteiger partial charge in [-0.05, 0) is 73.1 Å². The molecule has 0 saturated carbocycles. The first-order chi connectivity index (χ1) is 14.0. The Bertz CT molecular complexity index is 940. The lowest BCUT2D eigenvalue weighted by Gasteiger charge is -2.16. The Hall–Kier alpha value is -2.38. The molecule has 0 fully saturated rings. The highest BCUT2D eigenvalue weighted by molar-refractivity contribution is 7.89. The number of carbonyl (C=O) groups is 1. The van der Waals surface area contributed by atoms with Gasteiger partial charge >= 0.3 is 0 Å². The predicted molar refractivity (Wildman–Crippen MR) is 113 cm³/mol. The minimum Gasteiger partial charge on any atom is -0.497 e. The van der Waals surface area contributed by atoms with Gasteiger partial charge in [-0.2, -0.15) is 0 Å². The maximum absolute atomic E-state index is 12.5. The molecule has 0 radical (unpaired) electrons. The van der Waals surface area contributed by atoms with Crippen LogP contribution in [0.4, 0.5) is 0 Å². The second-order valence-corrected chi connectivity index (χ2v) is 9.00. The number of ether oxygens (including phenoxy) is 1. The highest BCUT2D eigenvalue weighted by Gasteiger charge is 2.17. The molecule has 1 aliphatic carbocycles. The van der Waals surface area contributed by atoms with Gasteiger partial charge in [-0.3, -0.25) is 4.79 Å². The van der Waals surface area contributed by atoms with Gasteiger partial charge in [0.15, 0.2) is 0 Å². The summed E-state index contributed by atoms with van der Waals surface area (Å²) >= 11 is 0. The number of hydrogen-bond donors (Lipinski definition) is 2. The summed E-state index contributed by atoms with van der Waals surface area (Å²) in [4.78, 5) is 12.3. The Morgan fingerprint density at radius 1 is 1.00 bits per heavy atom. The van der Waals surface area contributed by atoms with Crippen LogP contribution in [0.2, 0.25) is 0 Å². The number of benzene rings is 2. The SMILES string of the molecule is COc1ccc(CCNC(=O)CCNS(=O)(=O)c2ccc3c(c2)CCCC3)cc1. The molecular weight excluding hydrogens is 388 g/mol. The second kappa shape index (κ2) is 9.89. The Balaban J connectivity index is 1.42. The Morgan fingerprint density at radius 3 is 2.45 bits per heavy atom. The minimum atomic E-state index is -3.60. The zero-order chi connectivity index (χ0) is 20.7. The molecule has 1 amide bonds. The Labute approximate surface area is 172 Å². The molecule has 3 rings (SSSR count). The van der Waals surface area contributed by atoms with E-state index < -0.39 is 10.0 Å². The molecule has 6 nitrogen and oxygen atoms in total. The van der Waals surface area contributed by atoms with Crippen LogP contribution in [0.15, 0.2) is 47.4 Å². The zero-order valence-corrected chi connectivity index (χ0v) is 17.6. The molecule has 29 heavy (non-hydrogen) atoms. The van der Waals surface area contributed by atoms with E-state index >= 15 is 0 Å². The van der Waals surface area contributed by atoms with E-state index in [1.54, 1.807) is 19.2 Å². The summed E-state index contributed by atoms with van der Waals surface area (Å²) < 4.78 is 32.6. The number of rotatable bonds is 9. The van der Waals surface area contributed by atoms with Crippen LogP contribution in [0.1, 0.15) is 36.0 Å². The normalized spacial score (nSPS) is 13.6. The third kappa shape index (κ3) is 6.05. The third-order valence-corrected chi connectivity index (χ3v) is 6.63. The number of amides is 1. The summed E-state index contributed by atoms with van der Waals surface area (Å²) in [5.41, 5.74) is 3.46. The quantitative estimate of drug-likeness (QED) is 0.658. The molecule has 0 unspecified atom stereocenters. The molecule has 0 saturated heterocycles. The van der Waals surface area contributed by atoms with Crippen molar-refractivity contribution in [1.29, 1.82) is 0 Å². The van der Waals surface area contributed by atoms with Crippen molar-refractivity contribution in [2.45, 2.75) is 43.4 Å². The highest BCUT2D eigenvalue weighted by atomic mass is 32.2. The van der Waals surface area contributed by atoms with Gasteiger partial charge in [0.1, 0.15) is 5.75 Å². The summed E-state index contributed by atoms with van der Waals surface area (Å²) in [7, 11) is -1.98. The largest absolute Gasteiger partial charge is 0.497 e. The predicted octanol–water partition coefficient (Wildman–Crippen LogP) is 2.60. The number of carbonyl (C=O) groups excluding carboxylic acids is 1. The van der Waals surface area contributed by atoms with Crippen molar-refractivity contribution in [3.63, 3.8) is 0 Å². The third-order valence-electron chi connectivity index (χ3n) is 5.17. The molecule has 1 aliphatic rings. The van der Waals surface area contributed by atoms with Crippen LogP contribution in [0.5, 0.6) is 5.75 Å². The smallest absolute Gasteiger partial charge is 0.240 e. The summed E-state index contributed by atoms with van der Waals surface area (Å²) in [5, 5.41) is 2.82. The first-order valence-corrected chi connectivity index (χ1v) is 11.5. The van der Waals surface area contributed by atoms with Crippen LogP contribution in [-0.4, -0.2) is 34.5 Å². The molecular formula is C22H28N2O4S. The van der Waals surface area contributed by atoms with E-state index in [1.165, 1.54) is 5.56 Å². The molecule has 0 heterocycles. The summed E-state index contributed by atoms with van der Waals surface area (Å²) in [6, 6.07) is 13.0. The standard InChI is InChI=1S/C22H28N2O4S/c1-28-20-9-6-17(7-10-20)12-14-23-22(25)13-15-24-29(26,27)21-11-8-18-4-2-3-5-19(18)16-21/h6-11,16,24H,2-5,12-15H2,1H3,(H,23,25). The number of aryl methyl sites for hydroxylation is 2. The fraction of sp³-hybridized carbons (Fsp3) is 0.409. The van der Waals surface area contributed by atoms with Crippen LogP contribution in [-0.2, 0) is 34.1 Å². The summed E-state index contributed by atoms with van der Waals surface area (Å²) in [6.45, 7) is 0.580. The van der Waals surface area contributed by atoms with Crippen molar-refractivity contribution < 1.29 is 17.9 Å². The molecule has 7 heteroatoms. The fourth-order valence-electron chi connectivity index (χ4n) is 3.49. The van der Waals surface area contributed by atoms with E-state index in [0.29, 0.717) is 13.0 Å². The Kier molecular flexibility index (Phi) is 7.28. The Morgan fingerprint density at radius 2 is 1.72 bits per heavy atom. The van der Waals surface area contributed by atoms with Crippen molar-refractivity contribution in [3.8, 4) is 5.75 Å². The van der Waals surface area contributed by atoms with E-state index in [0.717, 1.165) is 42.6 Å². The second-order valence-electron chi connectivity index (χ2n) is 7.23. The number of hydrogen-bond acceptors (Lipinski definition) is 4. The molecule has 2 aromatic carbocycles. The summed E-state index contributed by atoms with van der Waals surface area (Å²) in [5.74, 6) is 0.621. The van der Waals surface area contributed by atoms with Gasteiger partial charge in [0.2, 0.25) is 15.9 Å². The van der Waals surface area contributed by atoms with Crippen LogP contribution >= 0.6 is 0 Å². The topological polar surface area (TPSA) is 84.5 Å². The number of fused-ring (bicyclic) bond motifs is 1. The number of nitrogens with one attached hydrogen (secondary N) is 2. The first-order valence-electron chi connectivity index (χ1n) is 9.99. The van der Waals surface area contributed by atoms with Gasteiger partial charge in [-0.1, -0.05) is 18.2 Å².